The maximum absolute atomic E-state index is 13.4. The molecule has 0 aliphatic rings. The molecule has 1 amide bonds. The maximum Gasteiger partial charge on any atom is 0.258 e. The first-order valence-corrected chi connectivity index (χ1v) is 12.8. The van der Waals surface area contributed by atoms with Crippen LogP contribution < -0.4 is 20.1 Å². The topological polar surface area (TPSA) is 114 Å². The molecule has 0 saturated heterocycles. The van der Waals surface area contributed by atoms with Crippen molar-refractivity contribution in [2.45, 2.75) is 20.3 Å². The molecule has 0 radical (unpaired) electrons. The number of methoxy groups -OCH3 is 1. The Hall–Kier alpha value is -4.09. The number of carbonyl (C=O) groups excluding carboxylic acids is 1. The first-order chi connectivity index (χ1) is 18.9. The van der Waals surface area contributed by atoms with Crippen LogP contribution in [0.4, 0.5) is 21.8 Å². The molecule has 12 heteroatoms. The van der Waals surface area contributed by atoms with Crippen LogP contribution >= 0.6 is 11.6 Å². The van der Waals surface area contributed by atoms with Gasteiger partial charge in [0.15, 0.2) is 11.5 Å². The van der Waals surface area contributed by atoms with E-state index in [4.69, 9.17) is 21.1 Å². The normalized spacial score (nSPS) is 11.0. The molecule has 0 atom stereocenters. The van der Waals surface area contributed by atoms with Crippen molar-refractivity contribution in [2.24, 2.45) is 0 Å². The summed E-state index contributed by atoms with van der Waals surface area (Å²) in [5, 5.41) is 6.29. The molecule has 2 aromatic heterocycles. The minimum Gasteiger partial charge on any atom is -0.493 e. The van der Waals surface area contributed by atoms with Gasteiger partial charge >= 0.3 is 0 Å². The highest BCUT2D eigenvalue weighted by Crippen LogP contribution is 2.34. The molecule has 0 bridgehead atoms. The Bertz CT molecular complexity index is 1440. The van der Waals surface area contributed by atoms with E-state index in [-0.39, 0.29) is 16.5 Å². The van der Waals surface area contributed by atoms with Gasteiger partial charge in [0.25, 0.3) is 5.91 Å². The van der Waals surface area contributed by atoms with E-state index in [0.29, 0.717) is 35.1 Å². The molecule has 10 nitrogen and oxygen atoms in total. The van der Waals surface area contributed by atoms with Crippen molar-refractivity contribution in [2.75, 3.05) is 44.0 Å². The summed E-state index contributed by atoms with van der Waals surface area (Å²) in [6.07, 6.45) is 5.34. The summed E-state index contributed by atoms with van der Waals surface area (Å²) >= 11 is 5.76. The molecule has 0 unspecified atom stereocenters. The Morgan fingerprint density at radius 2 is 1.82 bits per heavy atom. The molecule has 0 aliphatic carbocycles. The fraction of sp³-hybridized carbons (Fsp3) is 0.296. The molecule has 4 rings (SSSR count). The van der Waals surface area contributed by atoms with Gasteiger partial charge in [0.2, 0.25) is 5.95 Å². The number of benzene rings is 2. The summed E-state index contributed by atoms with van der Waals surface area (Å²) < 4.78 is 24.9. The molecular formula is C27H29ClFN7O3. The van der Waals surface area contributed by atoms with Crippen molar-refractivity contribution in [3.05, 3.63) is 65.5 Å². The largest absolute Gasteiger partial charge is 0.493 e. The van der Waals surface area contributed by atoms with Crippen LogP contribution in [0.5, 0.6) is 11.5 Å². The van der Waals surface area contributed by atoms with Gasteiger partial charge in [-0.1, -0.05) is 25.4 Å². The van der Waals surface area contributed by atoms with Crippen LogP contribution in [-0.2, 0) is 0 Å². The first kappa shape index (κ1) is 27.9. The number of rotatable bonds is 12. The Balaban J connectivity index is 1.44. The average Bonchev–Trinajstić information content (AvgIpc) is 2.95. The Morgan fingerprint density at radius 3 is 2.51 bits per heavy atom. The summed E-state index contributed by atoms with van der Waals surface area (Å²) in [7, 11) is 1.58. The van der Waals surface area contributed by atoms with Crippen LogP contribution in [0.25, 0.3) is 10.9 Å². The predicted octanol–water partition coefficient (Wildman–Crippen LogP) is 5.33. The summed E-state index contributed by atoms with van der Waals surface area (Å²) in [6, 6.07) is 7.33. The summed E-state index contributed by atoms with van der Waals surface area (Å²) in [5.41, 5.74) is 1.39. The number of fused-ring (bicyclic) bond motifs is 1. The minimum atomic E-state index is -0.607. The molecule has 0 spiro atoms. The summed E-state index contributed by atoms with van der Waals surface area (Å²) in [6.45, 7) is 7.83. The third-order valence-corrected chi connectivity index (χ3v) is 6.30. The number of hydrogen-bond acceptors (Lipinski definition) is 9. The molecule has 2 heterocycles. The van der Waals surface area contributed by atoms with E-state index in [9.17, 15) is 9.18 Å². The van der Waals surface area contributed by atoms with Crippen molar-refractivity contribution in [3.63, 3.8) is 0 Å². The van der Waals surface area contributed by atoms with E-state index >= 15 is 0 Å². The van der Waals surface area contributed by atoms with Gasteiger partial charge in [-0.3, -0.25) is 10.1 Å². The summed E-state index contributed by atoms with van der Waals surface area (Å²) in [4.78, 5) is 31.8. The van der Waals surface area contributed by atoms with Crippen LogP contribution in [0.2, 0.25) is 5.02 Å². The van der Waals surface area contributed by atoms with Crippen LogP contribution in [0.15, 0.2) is 49.1 Å². The second-order valence-electron chi connectivity index (χ2n) is 8.47. The standard InChI is InChI=1S/C27H29ClFN7O3/c1-4-36(5-2)9-6-10-39-24-13-22-19(12-23(24)38-3)25(33-16-32-22)34-18-14-30-27(31-15-18)35-26(37)17-7-8-21(29)20(28)11-17/h7-8,11-16H,4-6,9-10H2,1-3H3,(H,32,33,34)(H,30,31,35,37). The number of nitrogens with one attached hydrogen (secondary N) is 2. The van der Waals surface area contributed by atoms with Gasteiger partial charge in [0.05, 0.1) is 42.3 Å². The van der Waals surface area contributed by atoms with E-state index in [2.05, 4.69) is 49.3 Å². The molecule has 2 N–H and O–H groups in total. The number of anilines is 3. The Morgan fingerprint density at radius 1 is 1.05 bits per heavy atom. The van der Waals surface area contributed by atoms with Crippen LogP contribution in [0.1, 0.15) is 30.6 Å². The van der Waals surface area contributed by atoms with E-state index < -0.39 is 11.7 Å². The van der Waals surface area contributed by atoms with E-state index in [1.807, 2.05) is 12.1 Å². The third-order valence-electron chi connectivity index (χ3n) is 6.01. The highest BCUT2D eigenvalue weighted by atomic mass is 35.5. The first-order valence-electron chi connectivity index (χ1n) is 12.4. The molecule has 0 aliphatic heterocycles. The molecule has 0 fully saturated rings. The fourth-order valence-electron chi connectivity index (χ4n) is 3.85. The lowest BCUT2D eigenvalue weighted by molar-refractivity contribution is 0.102. The number of halogens is 2. The van der Waals surface area contributed by atoms with Gasteiger partial charge in [-0.25, -0.2) is 24.3 Å². The lowest BCUT2D eigenvalue weighted by Gasteiger charge is -2.18. The molecule has 2 aromatic carbocycles. The SMILES string of the molecule is CCN(CC)CCCOc1cc2ncnc(Nc3cnc(NC(=O)c4ccc(F)c(Cl)c4)nc3)c2cc1OC. The highest BCUT2D eigenvalue weighted by Gasteiger charge is 2.14. The summed E-state index contributed by atoms with van der Waals surface area (Å²) in [5.74, 6) is 0.649. The van der Waals surface area contributed by atoms with Crippen LogP contribution in [0, 0.1) is 5.82 Å². The Labute approximate surface area is 230 Å². The number of amides is 1. The second-order valence-corrected chi connectivity index (χ2v) is 8.88. The highest BCUT2D eigenvalue weighted by molar-refractivity contribution is 6.31. The molecule has 4 aromatic rings. The van der Waals surface area contributed by atoms with Gasteiger partial charge in [-0.05, 0) is 43.8 Å². The zero-order valence-corrected chi connectivity index (χ0v) is 22.6. The maximum atomic E-state index is 13.4. The van der Waals surface area contributed by atoms with Gasteiger partial charge in [0.1, 0.15) is 18.0 Å². The number of ether oxygens (including phenoxy) is 2. The van der Waals surface area contributed by atoms with E-state index in [1.165, 1.54) is 30.9 Å². The monoisotopic (exact) mass is 553 g/mol. The fourth-order valence-corrected chi connectivity index (χ4v) is 4.03. The number of nitrogens with zero attached hydrogens (tertiary/aromatic N) is 5. The van der Waals surface area contributed by atoms with Crippen molar-refractivity contribution < 1.29 is 18.7 Å². The zero-order valence-electron chi connectivity index (χ0n) is 21.9. The number of hydrogen-bond donors (Lipinski definition) is 2. The molecule has 39 heavy (non-hydrogen) atoms. The van der Waals surface area contributed by atoms with Crippen molar-refractivity contribution in [1.82, 2.24) is 24.8 Å². The van der Waals surface area contributed by atoms with E-state index in [0.717, 1.165) is 37.5 Å². The molecular weight excluding hydrogens is 525 g/mol. The molecule has 0 saturated carbocycles. The zero-order chi connectivity index (χ0) is 27.8. The van der Waals surface area contributed by atoms with Gasteiger partial charge < -0.3 is 19.7 Å². The van der Waals surface area contributed by atoms with E-state index in [1.54, 1.807) is 7.11 Å². The van der Waals surface area contributed by atoms with Gasteiger partial charge in [-0.2, -0.15) is 0 Å². The van der Waals surface area contributed by atoms with Gasteiger partial charge in [-0.15, -0.1) is 0 Å². The predicted molar refractivity (Wildman–Crippen MR) is 149 cm³/mol. The average molecular weight is 554 g/mol. The minimum absolute atomic E-state index is 0.0722. The van der Waals surface area contributed by atoms with Crippen molar-refractivity contribution in [3.8, 4) is 11.5 Å². The van der Waals surface area contributed by atoms with Crippen molar-refractivity contribution in [1.29, 1.82) is 0 Å². The van der Waals surface area contributed by atoms with Gasteiger partial charge in [0, 0.05) is 23.6 Å². The van der Waals surface area contributed by atoms with Crippen molar-refractivity contribution >= 4 is 45.9 Å². The number of carbonyl (C=O) groups is 1. The quantitative estimate of drug-likeness (QED) is 0.225. The van der Waals surface area contributed by atoms with Crippen LogP contribution in [0.3, 0.4) is 0 Å². The third kappa shape index (κ3) is 7.06. The molecule has 204 valence electrons. The Kier molecular flexibility index (Phi) is 9.40. The lowest BCUT2D eigenvalue weighted by atomic mass is 10.2. The van der Waals surface area contributed by atoms with Crippen LogP contribution in [-0.4, -0.2) is 64.1 Å². The number of aromatic nitrogens is 4. The lowest BCUT2D eigenvalue weighted by Crippen LogP contribution is -2.25. The second kappa shape index (κ2) is 13.1. The smallest absolute Gasteiger partial charge is 0.258 e.